The number of rotatable bonds is 9. The molecule has 8 nitrogen and oxygen atoms in total. The van der Waals surface area contributed by atoms with Gasteiger partial charge in [-0.1, -0.05) is 31.1 Å². The van der Waals surface area contributed by atoms with Crippen LogP contribution in [0.1, 0.15) is 56.0 Å². The molecule has 1 aromatic carbocycles. The molecule has 0 N–H and O–H groups in total. The fraction of sp³-hybridized carbons (Fsp3) is 0.667. The molecule has 1 aromatic heterocycles. The smallest absolute Gasteiger partial charge is 0.324 e. The molecule has 1 saturated carbocycles. The predicted octanol–water partition coefficient (Wildman–Crippen LogP) is 3.80. The van der Waals surface area contributed by atoms with Gasteiger partial charge in [-0.15, -0.1) is 0 Å². The lowest BCUT2D eigenvalue weighted by atomic mass is 9.91. The van der Waals surface area contributed by atoms with Crippen LogP contribution >= 0.6 is 0 Å². The van der Waals surface area contributed by atoms with Crippen LogP contribution in [0.25, 0.3) is 0 Å². The summed E-state index contributed by atoms with van der Waals surface area (Å²) in [5, 5.41) is 4.08. The number of amides is 1. The van der Waals surface area contributed by atoms with Crippen molar-refractivity contribution in [2.24, 2.45) is 17.8 Å². The zero-order valence-corrected chi connectivity index (χ0v) is 21.3. The van der Waals surface area contributed by atoms with E-state index in [-0.39, 0.29) is 24.1 Å². The number of halogens is 1. The minimum Gasteiger partial charge on any atom is -0.378 e. The standard InChI is InChI=1S/C27H37FN4O4/c1-18(2)26-29-27(36-30-26)32-7-5-20(6-8-32)23-14-22(23)17-35-16-19-3-4-21(24(28)13-19)15-25(33)31-9-11-34-12-10-31/h3-4,13,18,20,22-23H,5-12,14-17H2,1-2H3/t22-,23+/m0/s1. The van der Waals surface area contributed by atoms with Crippen LogP contribution in [0.4, 0.5) is 10.4 Å². The highest BCUT2D eigenvalue weighted by Gasteiger charge is 2.43. The van der Waals surface area contributed by atoms with E-state index >= 15 is 0 Å². The minimum atomic E-state index is -0.337. The van der Waals surface area contributed by atoms with Gasteiger partial charge in [0.1, 0.15) is 5.82 Å². The second-order valence-corrected chi connectivity index (χ2v) is 10.7. The maximum Gasteiger partial charge on any atom is 0.324 e. The summed E-state index contributed by atoms with van der Waals surface area (Å²) in [6.45, 7) is 9.39. The Morgan fingerprint density at radius 2 is 1.97 bits per heavy atom. The number of ether oxygens (including phenoxy) is 2. The van der Waals surface area contributed by atoms with Crippen molar-refractivity contribution in [1.82, 2.24) is 15.0 Å². The van der Waals surface area contributed by atoms with Crippen molar-refractivity contribution in [2.75, 3.05) is 50.9 Å². The highest BCUT2D eigenvalue weighted by Crippen LogP contribution is 2.48. The maximum absolute atomic E-state index is 14.6. The van der Waals surface area contributed by atoms with E-state index in [1.54, 1.807) is 11.0 Å². The molecule has 5 rings (SSSR count). The second-order valence-electron chi connectivity index (χ2n) is 10.7. The molecule has 0 radical (unpaired) electrons. The summed E-state index contributed by atoms with van der Waals surface area (Å²) in [6, 6.07) is 5.74. The van der Waals surface area contributed by atoms with Gasteiger partial charge in [0.15, 0.2) is 5.82 Å². The van der Waals surface area contributed by atoms with Crippen LogP contribution in [0.3, 0.4) is 0 Å². The van der Waals surface area contributed by atoms with Crippen molar-refractivity contribution in [3.8, 4) is 0 Å². The van der Waals surface area contributed by atoms with Crippen LogP contribution in [0.2, 0.25) is 0 Å². The highest BCUT2D eigenvalue weighted by molar-refractivity contribution is 5.79. The van der Waals surface area contributed by atoms with E-state index in [2.05, 4.69) is 28.9 Å². The third-order valence-electron chi connectivity index (χ3n) is 7.76. The van der Waals surface area contributed by atoms with Crippen molar-refractivity contribution in [2.45, 2.75) is 52.1 Å². The largest absolute Gasteiger partial charge is 0.378 e. The van der Waals surface area contributed by atoms with Crippen LogP contribution in [-0.2, 0) is 27.3 Å². The average molecular weight is 501 g/mol. The van der Waals surface area contributed by atoms with Crippen molar-refractivity contribution < 1.29 is 23.2 Å². The van der Waals surface area contributed by atoms with E-state index in [0.29, 0.717) is 68.8 Å². The lowest BCUT2D eigenvalue weighted by Crippen LogP contribution is -2.41. The summed E-state index contributed by atoms with van der Waals surface area (Å²) in [4.78, 5) is 20.9. The first-order valence-electron chi connectivity index (χ1n) is 13.3. The first kappa shape index (κ1) is 25.1. The zero-order valence-electron chi connectivity index (χ0n) is 21.3. The van der Waals surface area contributed by atoms with Gasteiger partial charge >= 0.3 is 6.01 Å². The lowest BCUT2D eigenvalue weighted by molar-refractivity contribution is -0.134. The molecule has 2 atom stereocenters. The molecule has 0 bridgehead atoms. The summed E-state index contributed by atoms with van der Waals surface area (Å²) in [6.07, 6.45) is 3.56. The number of carbonyl (C=O) groups is 1. The molecule has 36 heavy (non-hydrogen) atoms. The summed E-state index contributed by atoms with van der Waals surface area (Å²) < 4.78 is 31.3. The van der Waals surface area contributed by atoms with Gasteiger partial charge < -0.3 is 23.8 Å². The number of anilines is 1. The van der Waals surface area contributed by atoms with Gasteiger partial charge in [0.05, 0.1) is 32.8 Å². The fourth-order valence-corrected chi connectivity index (χ4v) is 5.39. The normalized spacial score (nSPS) is 22.9. The molecule has 3 aliphatic rings. The number of aromatic nitrogens is 2. The third kappa shape index (κ3) is 6.06. The van der Waals surface area contributed by atoms with Gasteiger partial charge in [0.2, 0.25) is 5.91 Å². The summed E-state index contributed by atoms with van der Waals surface area (Å²) in [5.41, 5.74) is 1.24. The van der Waals surface area contributed by atoms with Crippen LogP contribution in [-0.4, -0.2) is 66.9 Å². The molecule has 3 heterocycles. The zero-order chi connectivity index (χ0) is 25.1. The summed E-state index contributed by atoms with van der Waals surface area (Å²) in [7, 11) is 0. The molecular weight excluding hydrogens is 463 g/mol. The molecule has 1 amide bonds. The maximum atomic E-state index is 14.6. The van der Waals surface area contributed by atoms with Gasteiger partial charge in [-0.25, -0.2) is 4.39 Å². The minimum absolute atomic E-state index is 0.0517. The molecule has 2 aliphatic heterocycles. The van der Waals surface area contributed by atoms with E-state index in [1.807, 2.05) is 6.07 Å². The van der Waals surface area contributed by atoms with Gasteiger partial charge in [-0.05, 0) is 54.2 Å². The van der Waals surface area contributed by atoms with Gasteiger partial charge in [0, 0.05) is 32.1 Å². The van der Waals surface area contributed by atoms with E-state index in [9.17, 15) is 9.18 Å². The first-order valence-corrected chi connectivity index (χ1v) is 13.3. The molecule has 196 valence electrons. The molecule has 2 saturated heterocycles. The number of piperidine rings is 1. The molecule has 3 fully saturated rings. The quantitative estimate of drug-likeness (QED) is 0.518. The Morgan fingerprint density at radius 3 is 2.67 bits per heavy atom. The molecular formula is C27H37FN4O4. The average Bonchev–Trinajstić information content (AvgIpc) is 3.48. The number of morpholine rings is 1. The molecule has 1 aliphatic carbocycles. The van der Waals surface area contributed by atoms with Crippen molar-refractivity contribution in [3.63, 3.8) is 0 Å². The Hall–Kier alpha value is -2.52. The number of benzene rings is 1. The molecule has 0 spiro atoms. The van der Waals surface area contributed by atoms with E-state index in [0.717, 1.165) is 37.3 Å². The lowest BCUT2D eigenvalue weighted by Gasteiger charge is -2.30. The number of hydrogen-bond donors (Lipinski definition) is 0. The first-order chi connectivity index (χ1) is 17.5. The summed E-state index contributed by atoms with van der Waals surface area (Å²) >= 11 is 0. The topological polar surface area (TPSA) is 80.9 Å². The van der Waals surface area contributed by atoms with Crippen molar-refractivity contribution in [3.05, 3.63) is 41.0 Å². The van der Waals surface area contributed by atoms with Crippen LogP contribution in [0.15, 0.2) is 22.7 Å². The van der Waals surface area contributed by atoms with E-state index in [1.165, 1.54) is 12.5 Å². The number of nitrogens with zero attached hydrogens (tertiary/aromatic N) is 4. The van der Waals surface area contributed by atoms with Crippen LogP contribution in [0, 0.1) is 23.6 Å². The van der Waals surface area contributed by atoms with Crippen LogP contribution < -0.4 is 4.90 Å². The van der Waals surface area contributed by atoms with E-state index in [4.69, 9.17) is 14.0 Å². The Kier molecular flexibility index (Phi) is 7.86. The SMILES string of the molecule is CC(C)c1noc(N2CCC([C@H]3C[C@H]3COCc3ccc(CC(=O)N4CCOCC4)c(F)c3)CC2)n1. The Bertz CT molecular complexity index is 1030. The second kappa shape index (κ2) is 11.3. The predicted molar refractivity (Wildman–Crippen MR) is 132 cm³/mol. The van der Waals surface area contributed by atoms with E-state index < -0.39 is 0 Å². The molecule has 9 heteroatoms. The molecule has 0 unspecified atom stereocenters. The fourth-order valence-electron chi connectivity index (χ4n) is 5.39. The van der Waals surface area contributed by atoms with Crippen molar-refractivity contribution >= 4 is 11.9 Å². The number of hydrogen-bond acceptors (Lipinski definition) is 7. The van der Waals surface area contributed by atoms with Gasteiger partial charge in [-0.3, -0.25) is 4.79 Å². The number of carbonyl (C=O) groups excluding carboxylic acids is 1. The highest BCUT2D eigenvalue weighted by atomic mass is 19.1. The van der Waals surface area contributed by atoms with Gasteiger partial charge in [0.25, 0.3) is 0 Å². The molecule has 2 aromatic rings. The Labute approximate surface area is 212 Å². The summed E-state index contributed by atoms with van der Waals surface area (Å²) in [5.74, 6) is 2.66. The van der Waals surface area contributed by atoms with Crippen molar-refractivity contribution in [1.29, 1.82) is 0 Å². The Morgan fingerprint density at radius 1 is 1.19 bits per heavy atom. The Balaban J connectivity index is 1.02. The van der Waals surface area contributed by atoms with Crippen LogP contribution in [0.5, 0.6) is 0 Å². The van der Waals surface area contributed by atoms with Gasteiger partial charge in [-0.2, -0.15) is 4.98 Å². The third-order valence-corrected chi connectivity index (χ3v) is 7.76. The monoisotopic (exact) mass is 500 g/mol.